The van der Waals surface area contributed by atoms with Crippen molar-refractivity contribution in [3.63, 3.8) is 0 Å². The van der Waals surface area contributed by atoms with Gasteiger partial charge < -0.3 is 15.5 Å². The number of anilines is 1. The predicted octanol–water partition coefficient (Wildman–Crippen LogP) is 1.60. The lowest BCUT2D eigenvalue weighted by molar-refractivity contribution is -0.116. The molecule has 2 heterocycles. The van der Waals surface area contributed by atoms with E-state index in [1.54, 1.807) is 6.07 Å². The van der Waals surface area contributed by atoms with Crippen LogP contribution in [0.15, 0.2) is 18.2 Å². The highest BCUT2D eigenvalue weighted by Crippen LogP contribution is 2.39. The Morgan fingerprint density at radius 2 is 2.11 bits per heavy atom. The highest BCUT2D eigenvalue weighted by molar-refractivity contribution is 5.94. The van der Waals surface area contributed by atoms with E-state index in [0.29, 0.717) is 5.82 Å². The van der Waals surface area contributed by atoms with Gasteiger partial charge in [0, 0.05) is 23.6 Å². The molecule has 0 radical (unpaired) electrons. The maximum absolute atomic E-state index is 11.7. The fraction of sp³-hybridized carbons (Fsp3) is 0.231. The average molecular weight is 259 g/mol. The van der Waals surface area contributed by atoms with Gasteiger partial charge in [-0.2, -0.15) is 5.10 Å². The number of amides is 1. The molecule has 0 fully saturated rings. The normalized spacial score (nSPS) is 17.9. The molecule has 3 rings (SSSR count). The molecule has 1 aromatic carbocycles. The lowest BCUT2D eigenvalue weighted by atomic mass is 9.86. The molecule has 98 valence electrons. The summed E-state index contributed by atoms with van der Waals surface area (Å²) in [5.41, 5.74) is 2.58. The Hall–Kier alpha value is -2.50. The molecule has 1 unspecified atom stereocenters. The van der Waals surface area contributed by atoms with Crippen molar-refractivity contribution in [2.45, 2.75) is 19.3 Å². The fourth-order valence-electron chi connectivity index (χ4n) is 2.47. The Balaban J connectivity index is 2.11. The number of carbonyl (C=O) groups is 1. The number of phenols is 2. The van der Waals surface area contributed by atoms with E-state index in [1.165, 1.54) is 12.1 Å². The van der Waals surface area contributed by atoms with Crippen LogP contribution in [0.2, 0.25) is 0 Å². The van der Waals surface area contributed by atoms with Gasteiger partial charge >= 0.3 is 0 Å². The fourth-order valence-corrected chi connectivity index (χ4v) is 2.47. The third-order valence-corrected chi connectivity index (χ3v) is 3.39. The number of rotatable bonds is 1. The van der Waals surface area contributed by atoms with Crippen molar-refractivity contribution in [3.05, 3.63) is 35.0 Å². The van der Waals surface area contributed by atoms with Gasteiger partial charge in [-0.25, -0.2) is 0 Å². The van der Waals surface area contributed by atoms with Crippen molar-refractivity contribution in [3.8, 4) is 11.5 Å². The second-order valence-electron chi connectivity index (χ2n) is 4.66. The van der Waals surface area contributed by atoms with Crippen LogP contribution in [0.4, 0.5) is 5.82 Å². The maximum atomic E-state index is 11.7. The van der Waals surface area contributed by atoms with Gasteiger partial charge in [0.15, 0.2) is 17.3 Å². The van der Waals surface area contributed by atoms with E-state index in [1.807, 2.05) is 6.92 Å². The van der Waals surface area contributed by atoms with Gasteiger partial charge in [-0.05, 0) is 24.6 Å². The van der Waals surface area contributed by atoms with E-state index in [2.05, 4.69) is 15.5 Å². The molecule has 0 saturated carbocycles. The van der Waals surface area contributed by atoms with Crippen LogP contribution < -0.4 is 5.32 Å². The van der Waals surface area contributed by atoms with Crippen LogP contribution in [0, 0.1) is 6.92 Å². The molecule has 4 N–H and O–H groups in total. The zero-order valence-electron chi connectivity index (χ0n) is 10.3. The Labute approximate surface area is 109 Å². The number of hydrogen-bond donors (Lipinski definition) is 4. The summed E-state index contributed by atoms with van der Waals surface area (Å²) < 4.78 is 0. The molecule has 6 heteroatoms. The third-order valence-electron chi connectivity index (χ3n) is 3.39. The van der Waals surface area contributed by atoms with Gasteiger partial charge in [-0.15, -0.1) is 0 Å². The number of aryl methyl sites for hydroxylation is 1. The van der Waals surface area contributed by atoms with E-state index < -0.39 is 0 Å². The monoisotopic (exact) mass is 259 g/mol. The van der Waals surface area contributed by atoms with Gasteiger partial charge in [0.25, 0.3) is 0 Å². The van der Waals surface area contributed by atoms with Crippen LogP contribution in [0.3, 0.4) is 0 Å². The van der Waals surface area contributed by atoms with Crippen molar-refractivity contribution >= 4 is 11.7 Å². The third kappa shape index (κ3) is 1.81. The van der Waals surface area contributed by atoms with Crippen LogP contribution in [0.25, 0.3) is 0 Å². The van der Waals surface area contributed by atoms with Crippen molar-refractivity contribution < 1.29 is 15.0 Å². The lowest BCUT2D eigenvalue weighted by Crippen LogP contribution is -2.23. The number of phenolic OH excluding ortho intramolecular Hbond substituents is 2. The molecule has 0 bridgehead atoms. The number of carbonyl (C=O) groups excluding carboxylic acids is 1. The SMILES string of the molecule is Cc1[nH]nc2c1C(c1ccc(O)c(O)c1)CC(=O)N2. The standard InChI is InChI=1S/C13H13N3O3/c1-6-12-8(5-11(19)14-13(12)16-15-6)7-2-3-9(17)10(18)4-7/h2-4,8,17-18H,5H2,1H3,(H2,14,15,16,19). The van der Waals surface area contributed by atoms with Gasteiger partial charge in [0.1, 0.15) is 0 Å². The quantitative estimate of drug-likeness (QED) is 0.585. The van der Waals surface area contributed by atoms with Crippen LogP contribution >= 0.6 is 0 Å². The summed E-state index contributed by atoms with van der Waals surface area (Å²) in [7, 11) is 0. The van der Waals surface area contributed by atoms with E-state index in [0.717, 1.165) is 16.8 Å². The molecule has 0 spiro atoms. The molecule has 1 aliphatic heterocycles. The van der Waals surface area contributed by atoms with Gasteiger partial charge in [-0.3, -0.25) is 9.89 Å². The number of hydrogen-bond acceptors (Lipinski definition) is 4. The van der Waals surface area contributed by atoms with Gasteiger partial charge in [0.05, 0.1) is 0 Å². The molecule has 1 amide bonds. The highest BCUT2D eigenvalue weighted by Gasteiger charge is 2.30. The largest absolute Gasteiger partial charge is 0.504 e. The first kappa shape index (κ1) is 11.6. The van der Waals surface area contributed by atoms with E-state index in [4.69, 9.17) is 0 Å². The molecule has 2 aromatic rings. The highest BCUT2D eigenvalue weighted by atomic mass is 16.3. The molecule has 6 nitrogen and oxygen atoms in total. The Kier molecular flexibility index (Phi) is 2.45. The smallest absolute Gasteiger partial charge is 0.226 e. The van der Waals surface area contributed by atoms with Crippen LogP contribution in [0.1, 0.15) is 29.2 Å². The number of aromatic hydroxyl groups is 2. The summed E-state index contributed by atoms with van der Waals surface area (Å²) in [6, 6.07) is 4.61. The summed E-state index contributed by atoms with van der Waals surface area (Å²) in [4.78, 5) is 11.7. The zero-order chi connectivity index (χ0) is 13.6. The summed E-state index contributed by atoms with van der Waals surface area (Å²) in [5.74, 6) is -0.115. The molecular formula is C13H13N3O3. The maximum Gasteiger partial charge on any atom is 0.226 e. The summed E-state index contributed by atoms with van der Waals surface area (Å²) in [6.45, 7) is 1.89. The van der Waals surface area contributed by atoms with Crippen LogP contribution in [-0.4, -0.2) is 26.3 Å². The minimum Gasteiger partial charge on any atom is -0.504 e. The van der Waals surface area contributed by atoms with Crippen molar-refractivity contribution in [1.29, 1.82) is 0 Å². The Morgan fingerprint density at radius 1 is 1.32 bits per heavy atom. The first-order chi connectivity index (χ1) is 9.06. The topological polar surface area (TPSA) is 98.2 Å². The average Bonchev–Trinajstić information content (AvgIpc) is 2.73. The first-order valence-electron chi connectivity index (χ1n) is 5.93. The van der Waals surface area contributed by atoms with Gasteiger partial charge in [-0.1, -0.05) is 6.07 Å². The number of nitrogens with zero attached hydrogens (tertiary/aromatic N) is 1. The number of nitrogens with one attached hydrogen (secondary N) is 2. The van der Waals surface area contributed by atoms with Crippen molar-refractivity contribution in [2.75, 3.05) is 5.32 Å². The molecule has 1 aliphatic rings. The summed E-state index contributed by atoms with van der Waals surface area (Å²) in [5, 5.41) is 28.6. The summed E-state index contributed by atoms with van der Waals surface area (Å²) in [6.07, 6.45) is 0.289. The van der Waals surface area contributed by atoms with E-state index >= 15 is 0 Å². The van der Waals surface area contributed by atoms with Crippen LogP contribution in [0.5, 0.6) is 11.5 Å². The number of fused-ring (bicyclic) bond motifs is 1. The molecule has 1 atom stereocenters. The molecular weight excluding hydrogens is 246 g/mol. The Morgan fingerprint density at radius 3 is 2.84 bits per heavy atom. The lowest BCUT2D eigenvalue weighted by Gasteiger charge is -2.23. The van der Waals surface area contributed by atoms with Gasteiger partial charge in [0.2, 0.25) is 5.91 Å². The predicted molar refractivity (Wildman–Crippen MR) is 68.2 cm³/mol. The van der Waals surface area contributed by atoms with Crippen molar-refractivity contribution in [2.24, 2.45) is 0 Å². The van der Waals surface area contributed by atoms with E-state index in [9.17, 15) is 15.0 Å². The number of aromatic nitrogens is 2. The minimum absolute atomic E-state index is 0.114. The van der Waals surface area contributed by atoms with E-state index in [-0.39, 0.29) is 29.7 Å². The number of benzene rings is 1. The second kappa shape index (κ2) is 4.01. The second-order valence-corrected chi connectivity index (χ2v) is 4.66. The molecule has 1 aromatic heterocycles. The minimum atomic E-state index is -0.189. The first-order valence-corrected chi connectivity index (χ1v) is 5.93. The zero-order valence-corrected chi connectivity index (χ0v) is 10.3. The molecule has 19 heavy (non-hydrogen) atoms. The number of H-pyrrole nitrogens is 1. The molecule has 0 aliphatic carbocycles. The Bertz CT molecular complexity index is 663. The van der Waals surface area contributed by atoms with Crippen molar-refractivity contribution in [1.82, 2.24) is 10.2 Å². The number of aromatic amines is 1. The summed E-state index contributed by atoms with van der Waals surface area (Å²) >= 11 is 0. The van der Waals surface area contributed by atoms with Crippen LogP contribution in [-0.2, 0) is 4.79 Å². The molecule has 0 saturated heterocycles.